The Kier molecular flexibility index (Phi) is 7.31. The summed E-state index contributed by atoms with van der Waals surface area (Å²) in [5.74, 6) is -0.911. The van der Waals surface area contributed by atoms with E-state index >= 15 is 0 Å². The minimum Gasteiger partial charge on any atom is -0.506 e. The van der Waals surface area contributed by atoms with E-state index in [9.17, 15) is 19.5 Å². The van der Waals surface area contributed by atoms with Gasteiger partial charge in [-0.1, -0.05) is 115 Å². The molecule has 0 atom stereocenters. The van der Waals surface area contributed by atoms with Crippen LogP contribution in [0.3, 0.4) is 0 Å². The summed E-state index contributed by atoms with van der Waals surface area (Å²) in [6, 6.07) is 41.4. The summed E-state index contributed by atoms with van der Waals surface area (Å²) in [5, 5.41) is 15.5. The third-order valence-corrected chi connectivity index (χ3v) is 8.90. The highest BCUT2D eigenvalue weighted by atomic mass is 16.3. The second-order valence-corrected chi connectivity index (χ2v) is 11.7. The Labute approximate surface area is 281 Å². The van der Waals surface area contributed by atoms with E-state index in [0.717, 1.165) is 21.5 Å². The summed E-state index contributed by atoms with van der Waals surface area (Å²) in [5.41, 5.74) is 2.67. The predicted octanol–water partition coefficient (Wildman–Crippen LogP) is 9.06. The fourth-order valence-electron chi connectivity index (χ4n) is 6.64. The number of hydrogen-bond donors (Lipinski definition) is 1. The van der Waals surface area contributed by atoms with Crippen molar-refractivity contribution in [2.24, 2.45) is 0 Å². The summed E-state index contributed by atoms with van der Waals surface area (Å²) in [4.78, 5) is 43.4. The third-order valence-electron chi connectivity index (χ3n) is 8.90. The number of Topliss-reactive ketones (excluding diaryl/α,β-unsaturated/α-hetero) is 1. The van der Waals surface area contributed by atoms with Gasteiger partial charge in [0.1, 0.15) is 5.75 Å². The molecule has 0 unspecified atom stereocenters. The van der Waals surface area contributed by atoms with Crippen molar-refractivity contribution < 1.29 is 14.7 Å². The molecule has 0 bridgehead atoms. The van der Waals surface area contributed by atoms with Gasteiger partial charge in [-0.05, 0) is 70.1 Å². The molecule has 2 heterocycles. The topological polar surface area (TPSA) is 79.6 Å². The van der Waals surface area contributed by atoms with Gasteiger partial charge >= 0.3 is 0 Å². The highest BCUT2D eigenvalue weighted by Gasteiger charge is 2.36. The SMILES string of the molecule is O=C1/C(=C/C=CC=Cc2c(O)c3c4ccccc4ccc3n(-c3ccccc3)c2=O)C(=O)N(c2ccccc2)c2ccc3ccccc3c21. The number of nitrogens with zero attached hydrogens (tertiary/aromatic N) is 2. The molecule has 1 N–H and O–H groups in total. The van der Waals surface area contributed by atoms with Gasteiger partial charge < -0.3 is 5.11 Å². The van der Waals surface area contributed by atoms with E-state index in [1.807, 2.05) is 133 Å². The van der Waals surface area contributed by atoms with Crippen molar-refractivity contribution in [2.45, 2.75) is 0 Å². The van der Waals surface area contributed by atoms with E-state index in [0.29, 0.717) is 33.5 Å². The molecular weight excluding hydrogens is 608 g/mol. The van der Waals surface area contributed by atoms with Crippen LogP contribution >= 0.6 is 0 Å². The van der Waals surface area contributed by atoms with Crippen molar-refractivity contribution in [3.8, 4) is 11.4 Å². The zero-order chi connectivity index (χ0) is 33.5. The van der Waals surface area contributed by atoms with E-state index < -0.39 is 5.91 Å². The number of benzene rings is 6. The molecule has 0 fully saturated rings. The van der Waals surface area contributed by atoms with E-state index in [-0.39, 0.29) is 28.2 Å². The number of pyridine rings is 1. The maximum absolute atomic E-state index is 14.0. The quantitative estimate of drug-likeness (QED) is 0.0885. The fraction of sp³-hybridized carbons (Fsp3) is 0. The number of ketones is 1. The van der Waals surface area contributed by atoms with Gasteiger partial charge in [-0.15, -0.1) is 0 Å². The molecule has 6 nitrogen and oxygen atoms in total. The number of para-hydroxylation sites is 2. The van der Waals surface area contributed by atoms with Crippen molar-refractivity contribution in [3.05, 3.63) is 185 Å². The Balaban J connectivity index is 1.22. The van der Waals surface area contributed by atoms with Gasteiger partial charge in [0.05, 0.1) is 27.9 Å². The number of rotatable bonds is 5. The summed E-state index contributed by atoms with van der Waals surface area (Å²) in [6.07, 6.45) is 7.92. The first-order valence-electron chi connectivity index (χ1n) is 15.9. The molecule has 234 valence electrons. The van der Waals surface area contributed by atoms with Crippen LogP contribution in [0.5, 0.6) is 5.75 Å². The number of carbonyl (C=O) groups is 2. The molecule has 0 saturated carbocycles. The lowest BCUT2D eigenvalue weighted by atomic mass is 9.90. The number of anilines is 2. The Morgan fingerprint density at radius 2 is 1.18 bits per heavy atom. The zero-order valence-corrected chi connectivity index (χ0v) is 26.2. The van der Waals surface area contributed by atoms with Crippen LogP contribution in [0, 0.1) is 0 Å². The average Bonchev–Trinajstić information content (AvgIpc) is 3.14. The average molecular weight is 637 g/mol. The third kappa shape index (κ3) is 4.94. The molecule has 0 radical (unpaired) electrons. The van der Waals surface area contributed by atoms with Gasteiger partial charge in [-0.25, -0.2) is 0 Å². The molecule has 1 aliphatic heterocycles. The second-order valence-electron chi connectivity index (χ2n) is 11.7. The number of fused-ring (bicyclic) bond motifs is 6. The lowest BCUT2D eigenvalue weighted by Crippen LogP contribution is -2.36. The number of hydrogen-bond acceptors (Lipinski definition) is 4. The summed E-state index contributed by atoms with van der Waals surface area (Å²) in [6.45, 7) is 0. The maximum Gasteiger partial charge on any atom is 0.266 e. The normalized spacial score (nSPS) is 14.2. The van der Waals surface area contributed by atoms with Gasteiger partial charge in [0.25, 0.3) is 11.5 Å². The second kappa shape index (κ2) is 12.1. The predicted molar refractivity (Wildman–Crippen MR) is 197 cm³/mol. The molecule has 0 aliphatic carbocycles. The van der Waals surface area contributed by atoms with Crippen LogP contribution < -0.4 is 10.5 Å². The minimum absolute atomic E-state index is 0.0174. The highest BCUT2D eigenvalue weighted by molar-refractivity contribution is 6.39. The van der Waals surface area contributed by atoms with Gasteiger partial charge in [0, 0.05) is 16.8 Å². The highest BCUT2D eigenvalue weighted by Crippen LogP contribution is 2.40. The Bertz CT molecular complexity index is 2620. The molecule has 1 amide bonds. The van der Waals surface area contributed by atoms with Crippen LogP contribution in [0.15, 0.2) is 168 Å². The maximum atomic E-state index is 14.0. The van der Waals surface area contributed by atoms with Crippen molar-refractivity contribution in [1.29, 1.82) is 0 Å². The first-order chi connectivity index (χ1) is 24.0. The standard InChI is InChI=1S/C43H28N2O4/c46-40-34(42(48)44(30-16-4-1-5-17-30)36-26-24-28-14-10-12-20-32(28)38(36)40)22-8-3-9-23-35-41(47)39-33-21-13-11-15-29(33)25-27-37(39)45(43(35)49)31-18-6-2-7-19-31/h1-27,46H/b9-3?,22-8?,35-23-. The monoisotopic (exact) mass is 636 g/mol. The Morgan fingerprint density at radius 3 is 1.92 bits per heavy atom. The lowest BCUT2D eigenvalue weighted by molar-refractivity contribution is -0.114. The zero-order valence-electron chi connectivity index (χ0n) is 26.2. The van der Waals surface area contributed by atoms with Crippen LogP contribution in [0.4, 0.5) is 11.4 Å². The number of amides is 1. The van der Waals surface area contributed by atoms with Crippen LogP contribution in [0.25, 0.3) is 44.2 Å². The van der Waals surface area contributed by atoms with Crippen molar-refractivity contribution in [3.63, 3.8) is 0 Å². The number of allylic oxidation sites excluding steroid dienone is 4. The largest absolute Gasteiger partial charge is 0.506 e. The first kappa shape index (κ1) is 29.6. The smallest absolute Gasteiger partial charge is 0.266 e. The van der Waals surface area contributed by atoms with Crippen molar-refractivity contribution >= 4 is 61.6 Å². The van der Waals surface area contributed by atoms with Gasteiger partial charge in [-0.2, -0.15) is 0 Å². The minimum atomic E-state index is -0.433. The molecule has 0 saturated heterocycles. The molecule has 6 heteroatoms. The van der Waals surface area contributed by atoms with E-state index in [1.54, 1.807) is 33.8 Å². The van der Waals surface area contributed by atoms with Crippen LogP contribution in [0.2, 0.25) is 0 Å². The van der Waals surface area contributed by atoms with E-state index in [2.05, 4.69) is 0 Å². The molecule has 0 spiro atoms. The number of carbonyl (C=O) groups excluding carboxylic acids is 2. The molecular formula is C43H28N2O4. The van der Waals surface area contributed by atoms with E-state index in [1.165, 1.54) is 6.08 Å². The Hall–Kier alpha value is -6.79. The summed E-state index contributed by atoms with van der Waals surface area (Å²) < 4.78 is 1.60. The molecule has 8 rings (SSSR count). The number of aromatic nitrogens is 1. The molecule has 6 aromatic carbocycles. The molecule has 1 aromatic heterocycles. The van der Waals surface area contributed by atoms with Crippen molar-refractivity contribution in [2.75, 3.05) is 4.90 Å². The van der Waals surface area contributed by atoms with Gasteiger partial charge in [0.15, 0.2) is 0 Å². The van der Waals surface area contributed by atoms with Gasteiger partial charge in [0.2, 0.25) is 5.78 Å². The number of aromatic hydroxyl groups is 1. The summed E-state index contributed by atoms with van der Waals surface area (Å²) >= 11 is 0. The first-order valence-corrected chi connectivity index (χ1v) is 15.9. The van der Waals surface area contributed by atoms with Crippen LogP contribution in [0.1, 0.15) is 15.9 Å². The Morgan fingerprint density at radius 1 is 0.571 bits per heavy atom. The summed E-state index contributed by atoms with van der Waals surface area (Å²) in [7, 11) is 0. The fourth-order valence-corrected chi connectivity index (χ4v) is 6.64. The molecule has 1 aliphatic rings. The molecule has 7 aromatic rings. The van der Waals surface area contributed by atoms with Crippen LogP contribution in [-0.2, 0) is 4.79 Å². The van der Waals surface area contributed by atoms with Crippen molar-refractivity contribution in [1.82, 2.24) is 4.57 Å². The van der Waals surface area contributed by atoms with E-state index in [4.69, 9.17) is 0 Å². The lowest BCUT2D eigenvalue weighted by Gasteiger charge is -2.30. The molecule has 49 heavy (non-hydrogen) atoms. The van der Waals surface area contributed by atoms with Crippen LogP contribution in [-0.4, -0.2) is 21.4 Å². The van der Waals surface area contributed by atoms with Gasteiger partial charge in [-0.3, -0.25) is 23.9 Å².